The highest BCUT2D eigenvalue weighted by Gasteiger charge is 2.12. The number of hydrogen-bond acceptors (Lipinski definition) is 7. The smallest absolute Gasteiger partial charge is 0.269 e. The van der Waals surface area contributed by atoms with Crippen molar-refractivity contribution in [2.75, 3.05) is 16.4 Å². The first-order valence-electron chi connectivity index (χ1n) is 9.62. The number of carbonyl (C=O) groups is 2. The molecule has 0 unspecified atom stereocenters. The summed E-state index contributed by atoms with van der Waals surface area (Å²) in [5.41, 5.74) is 2.15. The molecule has 4 aromatic rings. The summed E-state index contributed by atoms with van der Waals surface area (Å²) in [6.07, 6.45) is 0. The molecule has 0 aliphatic rings. The average molecular weight is 533 g/mol. The zero-order valence-corrected chi connectivity index (χ0v) is 20.2. The molecule has 1 heterocycles. The van der Waals surface area contributed by atoms with Gasteiger partial charge >= 0.3 is 0 Å². The normalized spacial score (nSPS) is 10.8. The highest BCUT2D eigenvalue weighted by Crippen LogP contribution is 2.32. The SMILES string of the molecule is O=C(CSc1nc2ccc(NC(=O)c3ccc(Cl)c(Cl)c3)cc2s1)Nc1ccc([N+](=O)[O-])cc1. The van der Waals surface area contributed by atoms with E-state index in [1.807, 2.05) is 6.07 Å². The highest BCUT2D eigenvalue weighted by molar-refractivity contribution is 8.01. The first-order chi connectivity index (χ1) is 16.3. The molecule has 0 atom stereocenters. The Hall–Kier alpha value is -3.18. The van der Waals surface area contributed by atoms with E-state index in [4.69, 9.17) is 23.2 Å². The standard InChI is InChI=1S/C22H14Cl2N4O4S2/c23-16-7-1-12(9-17(16)24)21(30)26-14-4-8-18-19(10-14)34-22(27-18)33-11-20(29)25-13-2-5-15(6-3-13)28(31)32/h1-10H,11H2,(H,25,29)(H,26,30). The zero-order chi connectivity index (χ0) is 24.2. The van der Waals surface area contributed by atoms with Gasteiger partial charge in [0.05, 0.1) is 30.9 Å². The second kappa shape index (κ2) is 10.4. The average Bonchev–Trinajstić information content (AvgIpc) is 3.22. The summed E-state index contributed by atoms with van der Waals surface area (Å²) < 4.78 is 1.55. The lowest BCUT2D eigenvalue weighted by molar-refractivity contribution is -0.384. The van der Waals surface area contributed by atoms with Crippen molar-refractivity contribution in [1.29, 1.82) is 0 Å². The molecule has 34 heavy (non-hydrogen) atoms. The van der Waals surface area contributed by atoms with Crippen LogP contribution in [-0.2, 0) is 4.79 Å². The first kappa shape index (κ1) is 24.0. The molecule has 2 amide bonds. The maximum absolute atomic E-state index is 12.5. The number of nitrogens with one attached hydrogen (secondary N) is 2. The molecule has 0 saturated carbocycles. The Labute approximate surface area is 211 Å². The predicted octanol–water partition coefficient (Wildman–Crippen LogP) is 6.49. The molecule has 4 rings (SSSR count). The van der Waals surface area contributed by atoms with Gasteiger partial charge in [0.1, 0.15) is 0 Å². The molecule has 2 N–H and O–H groups in total. The Balaban J connectivity index is 1.37. The lowest BCUT2D eigenvalue weighted by atomic mass is 10.2. The number of anilines is 2. The van der Waals surface area contributed by atoms with Crippen LogP contribution in [0, 0.1) is 10.1 Å². The van der Waals surface area contributed by atoms with E-state index in [9.17, 15) is 19.7 Å². The number of rotatable bonds is 7. The number of halogens is 2. The number of benzene rings is 3. The van der Waals surface area contributed by atoms with Gasteiger partial charge in [-0.2, -0.15) is 0 Å². The molecule has 3 aromatic carbocycles. The van der Waals surface area contributed by atoms with Crippen LogP contribution in [0.4, 0.5) is 17.1 Å². The Morgan fingerprint density at radius 2 is 1.71 bits per heavy atom. The van der Waals surface area contributed by atoms with Gasteiger partial charge in [0, 0.05) is 29.1 Å². The molecule has 8 nitrogen and oxygen atoms in total. The van der Waals surface area contributed by atoms with Crippen molar-refractivity contribution in [2.45, 2.75) is 4.34 Å². The van der Waals surface area contributed by atoms with Crippen LogP contribution in [0.5, 0.6) is 0 Å². The molecule has 172 valence electrons. The van der Waals surface area contributed by atoms with Crippen LogP contribution < -0.4 is 10.6 Å². The van der Waals surface area contributed by atoms with Crippen molar-refractivity contribution < 1.29 is 14.5 Å². The van der Waals surface area contributed by atoms with Gasteiger partial charge < -0.3 is 10.6 Å². The van der Waals surface area contributed by atoms with Crippen LogP contribution in [0.2, 0.25) is 10.0 Å². The molecule has 12 heteroatoms. The van der Waals surface area contributed by atoms with Crippen LogP contribution >= 0.6 is 46.3 Å². The number of nitro benzene ring substituents is 1. The van der Waals surface area contributed by atoms with Crippen LogP contribution in [0.15, 0.2) is 65.0 Å². The van der Waals surface area contributed by atoms with E-state index in [0.717, 1.165) is 10.2 Å². The van der Waals surface area contributed by atoms with E-state index in [2.05, 4.69) is 15.6 Å². The maximum Gasteiger partial charge on any atom is 0.269 e. The molecule has 0 aliphatic carbocycles. The minimum atomic E-state index is -0.501. The van der Waals surface area contributed by atoms with Gasteiger partial charge in [0.15, 0.2) is 4.34 Å². The summed E-state index contributed by atoms with van der Waals surface area (Å²) in [4.78, 5) is 39.4. The van der Waals surface area contributed by atoms with Gasteiger partial charge in [-0.25, -0.2) is 4.98 Å². The summed E-state index contributed by atoms with van der Waals surface area (Å²) >= 11 is 14.6. The first-order valence-corrected chi connectivity index (χ1v) is 12.2. The number of carbonyl (C=O) groups excluding carboxylic acids is 2. The third kappa shape index (κ3) is 5.84. The fourth-order valence-electron chi connectivity index (χ4n) is 2.87. The van der Waals surface area contributed by atoms with Crippen molar-refractivity contribution in [3.63, 3.8) is 0 Å². The van der Waals surface area contributed by atoms with Crippen molar-refractivity contribution >= 4 is 85.4 Å². The fourth-order valence-corrected chi connectivity index (χ4v) is 5.08. The molecular formula is C22H14Cl2N4O4S2. The molecule has 0 aliphatic heterocycles. The van der Waals surface area contributed by atoms with Gasteiger partial charge in [0.2, 0.25) is 5.91 Å². The number of fused-ring (bicyclic) bond motifs is 1. The molecule has 0 bridgehead atoms. The van der Waals surface area contributed by atoms with Gasteiger partial charge in [0.25, 0.3) is 11.6 Å². The number of thioether (sulfide) groups is 1. The van der Waals surface area contributed by atoms with Crippen LogP contribution in [-0.4, -0.2) is 27.5 Å². The fraction of sp³-hybridized carbons (Fsp3) is 0.0455. The summed E-state index contributed by atoms with van der Waals surface area (Å²) in [6, 6.07) is 15.6. The number of non-ortho nitro benzene ring substituents is 1. The van der Waals surface area contributed by atoms with E-state index < -0.39 is 4.92 Å². The Bertz CT molecular complexity index is 1410. The monoisotopic (exact) mass is 532 g/mol. The minimum absolute atomic E-state index is 0.0469. The summed E-state index contributed by atoms with van der Waals surface area (Å²) in [6.45, 7) is 0. The number of amides is 2. The lowest BCUT2D eigenvalue weighted by Gasteiger charge is -2.06. The van der Waals surface area contributed by atoms with Gasteiger partial charge in [-0.1, -0.05) is 35.0 Å². The molecule has 0 spiro atoms. The zero-order valence-electron chi connectivity index (χ0n) is 17.1. The van der Waals surface area contributed by atoms with E-state index in [1.165, 1.54) is 53.4 Å². The molecular weight excluding hydrogens is 519 g/mol. The van der Waals surface area contributed by atoms with Crippen molar-refractivity contribution in [1.82, 2.24) is 4.98 Å². The number of hydrogen-bond donors (Lipinski definition) is 2. The van der Waals surface area contributed by atoms with Crippen molar-refractivity contribution in [3.8, 4) is 0 Å². The molecule has 0 radical (unpaired) electrons. The van der Waals surface area contributed by atoms with Crippen LogP contribution in [0.3, 0.4) is 0 Å². The van der Waals surface area contributed by atoms with Gasteiger partial charge in [-0.3, -0.25) is 19.7 Å². The number of nitrogens with zero attached hydrogens (tertiary/aromatic N) is 2. The predicted molar refractivity (Wildman–Crippen MR) is 136 cm³/mol. The highest BCUT2D eigenvalue weighted by atomic mass is 35.5. The van der Waals surface area contributed by atoms with E-state index in [1.54, 1.807) is 24.3 Å². The third-order valence-electron chi connectivity index (χ3n) is 4.50. The lowest BCUT2D eigenvalue weighted by Crippen LogP contribution is -2.13. The number of thiazole rings is 1. The molecule has 0 fully saturated rings. The quantitative estimate of drug-likeness (QED) is 0.159. The molecule has 1 aromatic heterocycles. The van der Waals surface area contributed by atoms with Crippen LogP contribution in [0.25, 0.3) is 10.2 Å². The number of nitro groups is 1. The second-order valence-corrected chi connectivity index (χ2v) is 9.95. The van der Waals surface area contributed by atoms with Crippen LogP contribution in [0.1, 0.15) is 10.4 Å². The van der Waals surface area contributed by atoms with Crippen molar-refractivity contribution in [2.24, 2.45) is 0 Å². The minimum Gasteiger partial charge on any atom is -0.325 e. The summed E-state index contributed by atoms with van der Waals surface area (Å²) in [7, 11) is 0. The Morgan fingerprint density at radius 1 is 0.971 bits per heavy atom. The Morgan fingerprint density at radius 3 is 2.41 bits per heavy atom. The summed E-state index contributed by atoms with van der Waals surface area (Å²) in [5.74, 6) is -0.454. The topological polar surface area (TPSA) is 114 Å². The Kier molecular flexibility index (Phi) is 7.32. The largest absolute Gasteiger partial charge is 0.325 e. The maximum atomic E-state index is 12.5. The van der Waals surface area contributed by atoms with Gasteiger partial charge in [-0.05, 0) is 48.5 Å². The van der Waals surface area contributed by atoms with E-state index in [-0.39, 0.29) is 23.3 Å². The van der Waals surface area contributed by atoms with Crippen molar-refractivity contribution in [3.05, 3.63) is 86.4 Å². The van der Waals surface area contributed by atoms with E-state index in [0.29, 0.717) is 31.3 Å². The van der Waals surface area contributed by atoms with Gasteiger partial charge in [-0.15, -0.1) is 11.3 Å². The third-order valence-corrected chi connectivity index (χ3v) is 7.40. The summed E-state index contributed by atoms with van der Waals surface area (Å²) in [5, 5.41) is 16.9. The van der Waals surface area contributed by atoms with E-state index >= 15 is 0 Å². The second-order valence-electron chi connectivity index (χ2n) is 6.89. The molecule has 0 saturated heterocycles. The number of aromatic nitrogens is 1.